The van der Waals surface area contributed by atoms with Gasteiger partial charge in [0.25, 0.3) is 0 Å². The number of nitrogens with two attached hydrogens (primary N) is 1. The molecule has 0 aromatic heterocycles. The molecule has 1 aromatic carbocycles. The van der Waals surface area contributed by atoms with Crippen molar-refractivity contribution >= 4 is 0 Å². The quantitative estimate of drug-likeness (QED) is 0.879. The minimum Gasteiger partial charge on any atom is -0.330 e. The first-order valence-electron chi connectivity index (χ1n) is 6.74. The third-order valence-corrected chi connectivity index (χ3v) is 3.83. The van der Waals surface area contributed by atoms with Crippen LogP contribution in [-0.2, 0) is 6.54 Å². The highest BCUT2D eigenvalue weighted by Gasteiger charge is 2.29. The standard InChI is InChI=1S/C15H25N3/c1-17(2)10-12-4-6-14(7-5-12)15-8-13(9-16)11-18(15)3/h4-7,13,15H,8-11,16H2,1-3H3. The lowest BCUT2D eigenvalue weighted by Gasteiger charge is -2.20. The van der Waals surface area contributed by atoms with Gasteiger partial charge in [-0.3, -0.25) is 4.90 Å². The average Bonchev–Trinajstić information content (AvgIpc) is 2.71. The molecule has 1 aliphatic heterocycles. The van der Waals surface area contributed by atoms with Crippen molar-refractivity contribution in [3.63, 3.8) is 0 Å². The van der Waals surface area contributed by atoms with Gasteiger partial charge < -0.3 is 10.6 Å². The van der Waals surface area contributed by atoms with E-state index in [2.05, 4.69) is 55.2 Å². The van der Waals surface area contributed by atoms with E-state index in [0.717, 1.165) is 19.6 Å². The lowest BCUT2D eigenvalue weighted by atomic mass is 9.99. The minimum atomic E-state index is 0.548. The second-order valence-electron chi connectivity index (χ2n) is 5.77. The van der Waals surface area contributed by atoms with Crippen LogP contribution >= 0.6 is 0 Å². The highest BCUT2D eigenvalue weighted by Crippen LogP contribution is 2.33. The Morgan fingerprint density at radius 1 is 1.28 bits per heavy atom. The number of rotatable bonds is 4. The van der Waals surface area contributed by atoms with Crippen LogP contribution in [0, 0.1) is 5.92 Å². The van der Waals surface area contributed by atoms with Crippen LogP contribution < -0.4 is 5.73 Å². The molecule has 1 aliphatic rings. The van der Waals surface area contributed by atoms with Crippen molar-refractivity contribution in [1.82, 2.24) is 9.80 Å². The van der Waals surface area contributed by atoms with Gasteiger partial charge in [0.15, 0.2) is 0 Å². The van der Waals surface area contributed by atoms with E-state index in [4.69, 9.17) is 5.73 Å². The Hall–Kier alpha value is -0.900. The van der Waals surface area contributed by atoms with Gasteiger partial charge in [-0.05, 0) is 51.2 Å². The molecule has 1 saturated heterocycles. The van der Waals surface area contributed by atoms with E-state index in [1.807, 2.05) is 0 Å². The van der Waals surface area contributed by atoms with Gasteiger partial charge in [0.05, 0.1) is 0 Å². The molecular formula is C15H25N3. The molecule has 0 saturated carbocycles. The summed E-state index contributed by atoms with van der Waals surface area (Å²) < 4.78 is 0. The van der Waals surface area contributed by atoms with E-state index in [1.54, 1.807) is 0 Å². The van der Waals surface area contributed by atoms with Gasteiger partial charge in [0.2, 0.25) is 0 Å². The Labute approximate surface area is 111 Å². The van der Waals surface area contributed by atoms with E-state index in [9.17, 15) is 0 Å². The van der Waals surface area contributed by atoms with Crippen LogP contribution in [0.1, 0.15) is 23.6 Å². The molecule has 0 aliphatic carbocycles. The summed E-state index contributed by atoms with van der Waals surface area (Å²) in [5.74, 6) is 0.654. The van der Waals surface area contributed by atoms with Crippen molar-refractivity contribution in [2.24, 2.45) is 11.7 Å². The monoisotopic (exact) mass is 247 g/mol. The first-order chi connectivity index (χ1) is 8.60. The zero-order valence-corrected chi connectivity index (χ0v) is 11.8. The van der Waals surface area contributed by atoms with Crippen molar-refractivity contribution in [3.8, 4) is 0 Å². The van der Waals surface area contributed by atoms with Crippen LogP contribution in [0.15, 0.2) is 24.3 Å². The third kappa shape index (κ3) is 3.10. The molecule has 2 N–H and O–H groups in total. The molecule has 3 heteroatoms. The Bertz CT molecular complexity index is 372. The molecule has 1 heterocycles. The van der Waals surface area contributed by atoms with Crippen LogP contribution in [0.5, 0.6) is 0 Å². The van der Waals surface area contributed by atoms with Crippen molar-refractivity contribution in [1.29, 1.82) is 0 Å². The number of likely N-dealkylation sites (tertiary alicyclic amines) is 1. The molecular weight excluding hydrogens is 222 g/mol. The molecule has 2 unspecified atom stereocenters. The predicted octanol–water partition coefficient (Wildman–Crippen LogP) is 1.70. The lowest BCUT2D eigenvalue weighted by Crippen LogP contribution is -2.20. The Balaban J connectivity index is 2.05. The third-order valence-electron chi connectivity index (χ3n) is 3.83. The van der Waals surface area contributed by atoms with Crippen molar-refractivity contribution < 1.29 is 0 Å². The largest absolute Gasteiger partial charge is 0.330 e. The Kier molecular flexibility index (Phi) is 4.38. The summed E-state index contributed by atoms with van der Waals surface area (Å²) in [6.45, 7) is 2.94. The maximum atomic E-state index is 5.78. The summed E-state index contributed by atoms with van der Waals surface area (Å²) in [7, 11) is 6.41. The van der Waals surface area contributed by atoms with Crippen LogP contribution in [0.4, 0.5) is 0 Å². The lowest BCUT2D eigenvalue weighted by molar-refractivity contribution is 0.313. The summed E-state index contributed by atoms with van der Waals surface area (Å²) in [6.07, 6.45) is 1.19. The average molecular weight is 247 g/mol. The zero-order chi connectivity index (χ0) is 13.1. The number of benzene rings is 1. The van der Waals surface area contributed by atoms with Gasteiger partial charge in [0, 0.05) is 19.1 Å². The molecule has 18 heavy (non-hydrogen) atoms. The molecule has 100 valence electrons. The molecule has 3 nitrogen and oxygen atoms in total. The minimum absolute atomic E-state index is 0.548. The summed E-state index contributed by atoms with van der Waals surface area (Å²) >= 11 is 0. The fraction of sp³-hybridized carbons (Fsp3) is 0.600. The summed E-state index contributed by atoms with van der Waals surface area (Å²) in [6, 6.07) is 9.60. The first-order valence-corrected chi connectivity index (χ1v) is 6.74. The maximum absolute atomic E-state index is 5.78. The molecule has 0 bridgehead atoms. The van der Waals surface area contributed by atoms with Gasteiger partial charge in [-0.25, -0.2) is 0 Å². The summed E-state index contributed by atoms with van der Waals surface area (Å²) in [5.41, 5.74) is 8.58. The van der Waals surface area contributed by atoms with Gasteiger partial charge in [-0.15, -0.1) is 0 Å². The molecule has 0 radical (unpaired) electrons. The number of hydrogen-bond donors (Lipinski definition) is 1. The molecule has 1 aromatic rings. The van der Waals surface area contributed by atoms with Crippen molar-refractivity contribution in [2.45, 2.75) is 19.0 Å². The smallest absolute Gasteiger partial charge is 0.0348 e. The van der Waals surface area contributed by atoms with Crippen molar-refractivity contribution in [3.05, 3.63) is 35.4 Å². The highest BCUT2D eigenvalue weighted by atomic mass is 15.2. The van der Waals surface area contributed by atoms with E-state index >= 15 is 0 Å². The summed E-state index contributed by atoms with van der Waals surface area (Å²) in [5, 5.41) is 0. The van der Waals surface area contributed by atoms with E-state index in [-0.39, 0.29) is 0 Å². The molecule has 2 rings (SSSR count). The van der Waals surface area contributed by atoms with Crippen LogP contribution in [0.2, 0.25) is 0 Å². The zero-order valence-electron chi connectivity index (χ0n) is 11.8. The summed E-state index contributed by atoms with van der Waals surface area (Å²) in [4.78, 5) is 4.62. The predicted molar refractivity (Wildman–Crippen MR) is 76.4 cm³/mol. The maximum Gasteiger partial charge on any atom is 0.0348 e. The van der Waals surface area contributed by atoms with Crippen LogP contribution in [0.25, 0.3) is 0 Å². The number of hydrogen-bond acceptors (Lipinski definition) is 3. The van der Waals surface area contributed by atoms with Crippen LogP contribution in [0.3, 0.4) is 0 Å². The SMILES string of the molecule is CN(C)Cc1ccc(C2CC(CN)CN2C)cc1. The normalized spacial score (nSPS) is 24.9. The fourth-order valence-electron chi connectivity index (χ4n) is 2.88. The second-order valence-corrected chi connectivity index (χ2v) is 5.77. The fourth-order valence-corrected chi connectivity index (χ4v) is 2.88. The number of nitrogens with zero attached hydrogens (tertiary/aromatic N) is 2. The Morgan fingerprint density at radius 2 is 1.94 bits per heavy atom. The molecule has 2 atom stereocenters. The highest BCUT2D eigenvalue weighted by molar-refractivity contribution is 5.26. The van der Waals surface area contributed by atoms with Gasteiger partial charge in [-0.1, -0.05) is 24.3 Å². The van der Waals surface area contributed by atoms with Gasteiger partial charge >= 0.3 is 0 Å². The van der Waals surface area contributed by atoms with Gasteiger partial charge in [0.1, 0.15) is 0 Å². The van der Waals surface area contributed by atoms with Crippen LogP contribution in [-0.4, -0.2) is 44.0 Å². The Morgan fingerprint density at radius 3 is 2.44 bits per heavy atom. The van der Waals surface area contributed by atoms with Crippen molar-refractivity contribution in [2.75, 3.05) is 34.2 Å². The molecule has 0 amide bonds. The van der Waals surface area contributed by atoms with E-state index < -0.39 is 0 Å². The molecule has 1 fully saturated rings. The van der Waals surface area contributed by atoms with E-state index in [1.165, 1.54) is 17.5 Å². The second kappa shape index (κ2) is 5.83. The van der Waals surface area contributed by atoms with E-state index in [0.29, 0.717) is 12.0 Å². The molecule has 0 spiro atoms. The first kappa shape index (κ1) is 13.5. The topological polar surface area (TPSA) is 32.5 Å². The van der Waals surface area contributed by atoms with Gasteiger partial charge in [-0.2, -0.15) is 0 Å².